The Hall–Kier alpha value is -3.32. The second-order valence-corrected chi connectivity index (χ2v) is 9.46. The summed E-state index contributed by atoms with van der Waals surface area (Å²) in [6.45, 7) is 6.84. The number of allylic oxidation sites excluding steroid dienone is 9. The summed E-state index contributed by atoms with van der Waals surface area (Å²) in [6.07, 6.45) is 14.3. The van der Waals surface area contributed by atoms with E-state index in [0.29, 0.717) is 11.8 Å². The van der Waals surface area contributed by atoms with Crippen molar-refractivity contribution in [2.75, 3.05) is 4.90 Å². The molecule has 0 fully saturated rings. The Bertz CT molecular complexity index is 1290. The van der Waals surface area contributed by atoms with Gasteiger partial charge in [0.15, 0.2) is 0 Å². The van der Waals surface area contributed by atoms with E-state index in [2.05, 4.69) is 111 Å². The van der Waals surface area contributed by atoms with Crippen LogP contribution < -0.4 is 4.90 Å². The Balaban J connectivity index is 1.34. The summed E-state index contributed by atoms with van der Waals surface area (Å²) < 4.78 is 0. The Morgan fingerprint density at radius 3 is 2.50 bits per heavy atom. The number of anilines is 1. The molecule has 1 heteroatoms. The van der Waals surface area contributed by atoms with E-state index in [-0.39, 0.29) is 0 Å². The number of rotatable bonds is 4. The molecule has 1 heterocycles. The number of fused-ring (bicyclic) bond motifs is 3. The van der Waals surface area contributed by atoms with Crippen LogP contribution in [0.15, 0.2) is 118 Å². The number of nitrogens with zero attached hydrogens (tertiary/aromatic N) is 1. The third kappa shape index (κ3) is 2.92. The van der Waals surface area contributed by atoms with Gasteiger partial charge in [-0.15, -0.1) is 0 Å². The first-order valence-electron chi connectivity index (χ1n) is 11.8. The molecule has 1 aliphatic heterocycles. The Kier molecular flexibility index (Phi) is 4.47. The molecule has 0 saturated carbocycles. The molecule has 0 spiro atoms. The van der Waals surface area contributed by atoms with Crippen molar-refractivity contribution in [3.8, 4) is 0 Å². The average Bonchev–Trinajstić information content (AvgIpc) is 3.44. The monoisotopic (exact) mass is 415 g/mol. The van der Waals surface area contributed by atoms with Crippen molar-refractivity contribution in [3.05, 3.63) is 129 Å². The zero-order chi connectivity index (χ0) is 21.8. The summed E-state index contributed by atoms with van der Waals surface area (Å²) in [5.41, 5.74) is 14.2. The van der Waals surface area contributed by atoms with Gasteiger partial charge in [0.2, 0.25) is 0 Å². The first kappa shape index (κ1) is 19.4. The van der Waals surface area contributed by atoms with Crippen LogP contribution in [0.5, 0.6) is 0 Å². The molecule has 32 heavy (non-hydrogen) atoms. The van der Waals surface area contributed by atoms with Crippen molar-refractivity contribution >= 4 is 11.8 Å². The highest BCUT2D eigenvalue weighted by Gasteiger charge is 2.36. The maximum atomic E-state index is 2.49. The summed E-state index contributed by atoms with van der Waals surface area (Å²) in [7, 11) is 0. The number of para-hydroxylation sites is 1. The van der Waals surface area contributed by atoms with E-state index in [1.807, 2.05) is 0 Å². The molecule has 0 amide bonds. The lowest BCUT2D eigenvalue weighted by Gasteiger charge is -2.27. The molecule has 0 radical (unpaired) electrons. The third-order valence-corrected chi connectivity index (χ3v) is 7.70. The van der Waals surface area contributed by atoms with Crippen LogP contribution in [0.25, 0.3) is 6.08 Å². The van der Waals surface area contributed by atoms with Gasteiger partial charge in [-0.2, -0.15) is 0 Å². The van der Waals surface area contributed by atoms with E-state index < -0.39 is 0 Å². The normalized spacial score (nSPS) is 23.2. The first-order chi connectivity index (χ1) is 15.6. The Morgan fingerprint density at radius 1 is 0.875 bits per heavy atom. The molecule has 2 aromatic rings. The molecule has 2 atom stereocenters. The van der Waals surface area contributed by atoms with Crippen LogP contribution in [0, 0.1) is 5.92 Å². The van der Waals surface area contributed by atoms with E-state index in [4.69, 9.17) is 0 Å². The van der Waals surface area contributed by atoms with Gasteiger partial charge >= 0.3 is 0 Å². The lowest BCUT2D eigenvalue weighted by molar-refractivity contribution is 0.741. The van der Waals surface area contributed by atoms with Crippen molar-refractivity contribution < 1.29 is 0 Å². The zero-order valence-electron chi connectivity index (χ0n) is 19.1. The lowest BCUT2D eigenvalue weighted by Crippen LogP contribution is -2.19. The topological polar surface area (TPSA) is 3.24 Å². The molecule has 6 rings (SSSR count). The molecule has 0 saturated heterocycles. The average molecular weight is 416 g/mol. The Morgan fingerprint density at radius 2 is 1.66 bits per heavy atom. The summed E-state index contributed by atoms with van der Waals surface area (Å²) in [5, 5.41) is 0. The molecule has 158 valence electrons. The van der Waals surface area contributed by atoms with Crippen molar-refractivity contribution in [3.63, 3.8) is 0 Å². The number of hydrogen-bond acceptors (Lipinski definition) is 1. The van der Waals surface area contributed by atoms with Crippen molar-refractivity contribution in [2.45, 2.75) is 39.5 Å². The van der Waals surface area contributed by atoms with Gasteiger partial charge in [0, 0.05) is 28.9 Å². The van der Waals surface area contributed by atoms with Crippen LogP contribution in [0.1, 0.15) is 50.7 Å². The van der Waals surface area contributed by atoms with Crippen molar-refractivity contribution in [1.29, 1.82) is 0 Å². The maximum Gasteiger partial charge on any atom is 0.0455 e. The van der Waals surface area contributed by atoms with Gasteiger partial charge in [-0.1, -0.05) is 66.8 Å². The van der Waals surface area contributed by atoms with Gasteiger partial charge in [-0.3, -0.25) is 0 Å². The highest BCUT2D eigenvalue weighted by Crippen LogP contribution is 2.48. The van der Waals surface area contributed by atoms with Gasteiger partial charge in [0.05, 0.1) is 0 Å². The second-order valence-electron chi connectivity index (χ2n) is 9.46. The summed E-state index contributed by atoms with van der Waals surface area (Å²) >= 11 is 0. The fraction of sp³-hybridized carbons (Fsp3) is 0.226. The fourth-order valence-electron chi connectivity index (χ4n) is 5.87. The molecular weight excluding hydrogens is 386 g/mol. The summed E-state index contributed by atoms with van der Waals surface area (Å²) in [5.74, 6) is 0.907. The fourth-order valence-corrected chi connectivity index (χ4v) is 5.87. The molecule has 0 aromatic heterocycles. The van der Waals surface area contributed by atoms with E-state index in [1.54, 1.807) is 0 Å². The standard InChI is InChI=1S/C31H29N/c1-20-17-25-18-29-21(2)22(3)32(26-10-5-4-6-11-26)31(29)19-30(25)27(20)16-15-24-14-13-23-9-7-8-12-28(23)24/h4-14,17-19,24,29H,15-16H2,1-3H3. The lowest BCUT2D eigenvalue weighted by atomic mass is 9.86. The van der Waals surface area contributed by atoms with Crippen LogP contribution in [-0.2, 0) is 0 Å². The van der Waals surface area contributed by atoms with E-state index in [1.165, 1.54) is 56.1 Å². The van der Waals surface area contributed by atoms with Crippen LogP contribution in [0.4, 0.5) is 5.69 Å². The first-order valence-corrected chi connectivity index (χ1v) is 11.8. The quantitative estimate of drug-likeness (QED) is 0.488. The van der Waals surface area contributed by atoms with Gasteiger partial charge < -0.3 is 4.90 Å². The smallest absolute Gasteiger partial charge is 0.0455 e. The van der Waals surface area contributed by atoms with E-state index in [0.717, 1.165) is 12.8 Å². The molecule has 3 aliphatic carbocycles. The zero-order valence-corrected chi connectivity index (χ0v) is 19.1. The predicted octanol–water partition coefficient (Wildman–Crippen LogP) is 8.09. The molecular formula is C31H29N. The molecule has 4 aliphatic rings. The van der Waals surface area contributed by atoms with Gasteiger partial charge in [-0.05, 0) is 90.8 Å². The van der Waals surface area contributed by atoms with Crippen LogP contribution in [0.2, 0.25) is 0 Å². The molecule has 0 bridgehead atoms. The highest BCUT2D eigenvalue weighted by molar-refractivity contribution is 5.73. The molecule has 1 nitrogen and oxygen atoms in total. The third-order valence-electron chi connectivity index (χ3n) is 7.70. The number of hydrogen-bond donors (Lipinski definition) is 0. The van der Waals surface area contributed by atoms with Crippen molar-refractivity contribution in [1.82, 2.24) is 0 Å². The molecule has 2 aromatic carbocycles. The summed E-state index contributed by atoms with van der Waals surface area (Å²) in [6, 6.07) is 19.6. The van der Waals surface area contributed by atoms with Crippen molar-refractivity contribution in [2.24, 2.45) is 5.92 Å². The minimum atomic E-state index is 0.377. The highest BCUT2D eigenvalue weighted by atomic mass is 15.2. The van der Waals surface area contributed by atoms with Gasteiger partial charge in [0.1, 0.15) is 0 Å². The SMILES string of the molecule is CC1=CC2=CC3C(=CC2=C1CCC1C=Cc2ccccc21)N(c1ccccc1)C(C)=C3C. The predicted molar refractivity (Wildman–Crippen MR) is 135 cm³/mol. The van der Waals surface area contributed by atoms with Crippen LogP contribution in [0.3, 0.4) is 0 Å². The van der Waals surface area contributed by atoms with Crippen LogP contribution >= 0.6 is 0 Å². The Labute approximate surface area is 191 Å². The number of benzene rings is 2. The van der Waals surface area contributed by atoms with Gasteiger partial charge in [-0.25, -0.2) is 0 Å². The summed E-state index contributed by atoms with van der Waals surface area (Å²) in [4.78, 5) is 2.46. The van der Waals surface area contributed by atoms with Gasteiger partial charge in [0.25, 0.3) is 0 Å². The van der Waals surface area contributed by atoms with Crippen LogP contribution in [-0.4, -0.2) is 0 Å². The van der Waals surface area contributed by atoms with E-state index in [9.17, 15) is 0 Å². The minimum absolute atomic E-state index is 0.377. The molecule has 2 unspecified atom stereocenters. The molecule has 0 N–H and O–H groups in total. The van der Waals surface area contributed by atoms with E-state index >= 15 is 0 Å². The largest absolute Gasteiger partial charge is 0.317 e. The minimum Gasteiger partial charge on any atom is -0.317 e. The second kappa shape index (κ2) is 7.38. The maximum absolute atomic E-state index is 2.49.